The molecule has 5 rings (SSSR count). The van der Waals surface area contributed by atoms with Crippen LogP contribution in [0.2, 0.25) is 0 Å². The number of hydrogen-bond acceptors (Lipinski definition) is 7. The maximum Gasteiger partial charge on any atom is 0.416 e. The number of nitrogens with zero attached hydrogens (tertiary/aromatic N) is 7. The van der Waals surface area contributed by atoms with E-state index < -0.39 is 44.5 Å². The number of aromatic nitrogens is 6. The fourth-order valence-electron chi connectivity index (χ4n) is 5.11. The number of sulfonamides is 1. The molecule has 1 saturated heterocycles. The molecule has 1 unspecified atom stereocenters. The lowest BCUT2D eigenvalue weighted by Gasteiger charge is -2.40. The molecule has 1 fully saturated rings. The highest BCUT2D eigenvalue weighted by Crippen LogP contribution is 2.40. The third kappa shape index (κ3) is 5.51. The zero-order valence-corrected chi connectivity index (χ0v) is 22.8. The Morgan fingerprint density at radius 2 is 1.83 bits per heavy atom. The minimum Gasteiger partial charge on any atom is -0.292 e. The standard InChI is InChI=1S/C26H25F4N7O3S/c1-17-18(14-33-37(17)21-6-4-20(27)5-7-21)13-25(24(38)22-12-19(8-10-31-22)26(28,29)30)9-3-11-36(16-25)41(39,40)23-15-32-35(2)34-23/h4-8,10,12,14-15H,3,9,11,13,16H2,1-2H3. The zero-order chi connectivity index (χ0) is 29.6. The van der Waals surface area contributed by atoms with Crippen LogP contribution in [0.25, 0.3) is 5.69 Å². The van der Waals surface area contributed by atoms with Crippen molar-refractivity contribution in [2.75, 3.05) is 13.1 Å². The number of hydrogen-bond donors (Lipinski definition) is 0. The van der Waals surface area contributed by atoms with E-state index in [0.717, 1.165) is 27.6 Å². The summed E-state index contributed by atoms with van der Waals surface area (Å²) in [6, 6.07) is 7.07. The summed E-state index contributed by atoms with van der Waals surface area (Å²) in [5.41, 5.74) is -1.17. The van der Waals surface area contributed by atoms with Crippen molar-refractivity contribution in [3.63, 3.8) is 0 Å². The van der Waals surface area contributed by atoms with E-state index in [2.05, 4.69) is 20.3 Å². The van der Waals surface area contributed by atoms with Gasteiger partial charge < -0.3 is 0 Å². The largest absolute Gasteiger partial charge is 0.416 e. The lowest BCUT2D eigenvalue weighted by atomic mass is 9.71. The maximum atomic E-state index is 14.1. The number of Topliss-reactive ketones (excluding diaryl/α,β-unsaturated/α-hetero) is 1. The summed E-state index contributed by atoms with van der Waals surface area (Å²) in [5, 5.41) is 11.8. The lowest BCUT2D eigenvalue weighted by molar-refractivity contribution is -0.137. The van der Waals surface area contributed by atoms with E-state index >= 15 is 0 Å². The Balaban J connectivity index is 1.57. The molecule has 0 aliphatic carbocycles. The molecule has 0 N–H and O–H groups in total. The monoisotopic (exact) mass is 591 g/mol. The Kier molecular flexibility index (Phi) is 7.27. The van der Waals surface area contributed by atoms with E-state index in [1.807, 2.05) is 0 Å². The third-order valence-electron chi connectivity index (χ3n) is 7.24. The van der Waals surface area contributed by atoms with E-state index in [9.17, 15) is 30.8 Å². The van der Waals surface area contributed by atoms with Gasteiger partial charge in [0.2, 0.25) is 5.03 Å². The van der Waals surface area contributed by atoms with Gasteiger partial charge >= 0.3 is 6.18 Å². The lowest BCUT2D eigenvalue weighted by Crippen LogP contribution is -2.51. The molecule has 0 radical (unpaired) electrons. The van der Waals surface area contributed by atoms with Gasteiger partial charge in [-0.3, -0.25) is 9.78 Å². The van der Waals surface area contributed by atoms with Gasteiger partial charge in [0.1, 0.15) is 11.5 Å². The van der Waals surface area contributed by atoms with Gasteiger partial charge in [0.05, 0.1) is 29.1 Å². The van der Waals surface area contributed by atoms with Crippen molar-refractivity contribution in [2.45, 2.75) is 37.4 Å². The fraction of sp³-hybridized carbons (Fsp3) is 0.346. The van der Waals surface area contributed by atoms with Crippen molar-refractivity contribution >= 4 is 15.8 Å². The molecule has 1 aliphatic rings. The highest BCUT2D eigenvalue weighted by atomic mass is 32.2. The third-order valence-corrected chi connectivity index (χ3v) is 8.94. The van der Waals surface area contributed by atoms with Crippen molar-refractivity contribution in [1.29, 1.82) is 0 Å². The molecule has 10 nitrogen and oxygen atoms in total. The highest BCUT2D eigenvalue weighted by Gasteiger charge is 2.47. The number of halogens is 4. The van der Waals surface area contributed by atoms with Crippen molar-refractivity contribution in [3.8, 4) is 5.69 Å². The molecule has 0 saturated carbocycles. The maximum absolute atomic E-state index is 14.1. The smallest absolute Gasteiger partial charge is 0.292 e. The topological polar surface area (TPSA) is 116 Å². The zero-order valence-electron chi connectivity index (χ0n) is 22.0. The summed E-state index contributed by atoms with van der Waals surface area (Å²) in [5.74, 6) is -1.14. The summed E-state index contributed by atoms with van der Waals surface area (Å²) in [4.78, 5) is 19.1. The molecule has 0 amide bonds. The van der Waals surface area contributed by atoms with Crippen molar-refractivity contribution in [2.24, 2.45) is 12.5 Å². The van der Waals surface area contributed by atoms with Gasteiger partial charge in [0.15, 0.2) is 5.78 Å². The van der Waals surface area contributed by atoms with Crippen molar-refractivity contribution in [1.82, 2.24) is 34.1 Å². The molecular formula is C26H25F4N7O3S. The van der Waals surface area contributed by atoms with Crippen LogP contribution in [0, 0.1) is 18.2 Å². The van der Waals surface area contributed by atoms with Crippen LogP contribution in [0.4, 0.5) is 17.6 Å². The highest BCUT2D eigenvalue weighted by molar-refractivity contribution is 7.89. The molecule has 3 aromatic heterocycles. The van der Waals surface area contributed by atoms with Crippen LogP contribution in [0.15, 0.2) is 60.0 Å². The second-order valence-corrected chi connectivity index (χ2v) is 11.9. The minimum absolute atomic E-state index is 0.0245. The fourth-order valence-corrected chi connectivity index (χ4v) is 6.56. The number of piperidine rings is 1. The van der Waals surface area contributed by atoms with Crippen LogP contribution in [0.3, 0.4) is 0 Å². The van der Waals surface area contributed by atoms with Crippen LogP contribution in [0.5, 0.6) is 0 Å². The van der Waals surface area contributed by atoms with Crippen LogP contribution in [0.1, 0.15) is 40.2 Å². The Hall–Kier alpha value is -3.98. The quantitative estimate of drug-likeness (QED) is 0.237. The molecule has 1 aliphatic heterocycles. The first-order valence-corrected chi connectivity index (χ1v) is 14.0. The first-order chi connectivity index (χ1) is 19.3. The molecule has 216 valence electrons. The number of rotatable bonds is 7. The van der Waals surface area contributed by atoms with E-state index in [1.165, 1.54) is 37.5 Å². The summed E-state index contributed by atoms with van der Waals surface area (Å²) in [6.07, 6.45) is -0.748. The van der Waals surface area contributed by atoms with Gasteiger partial charge in [-0.15, -0.1) is 5.10 Å². The minimum atomic E-state index is -4.70. The average Bonchev–Trinajstić information content (AvgIpc) is 3.54. The Morgan fingerprint density at radius 3 is 2.49 bits per heavy atom. The number of alkyl halides is 3. The molecule has 15 heteroatoms. The SMILES string of the molecule is Cc1c(CC2(C(=O)c3cc(C(F)(F)F)ccn3)CCCN(S(=O)(=O)c3cnn(C)n3)C2)cnn1-c1ccc(F)cc1. The van der Waals surface area contributed by atoms with Gasteiger partial charge in [-0.2, -0.15) is 32.5 Å². The van der Waals surface area contributed by atoms with Crippen LogP contribution >= 0.6 is 0 Å². The molecule has 41 heavy (non-hydrogen) atoms. The average molecular weight is 592 g/mol. The number of ketones is 1. The number of aryl methyl sites for hydroxylation is 1. The Labute approximate surface area is 232 Å². The summed E-state index contributed by atoms with van der Waals surface area (Å²) in [6.45, 7) is 1.50. The molecule has 4 heterocycles. The van der Waals surface area contributed by atoms with Crippen LogP contribution < -0.4 is 0 Å². The van der Waals surface area contributed by atoms with Crippen molar-refractivity contribution < 1.29 is 30.8 Å². The summed E-state index contributed by atoms with van der Waals surface area (Å²) < 4.78 is 83.5. The first-order valence-electron chi connectivity index (χ1n) is 12.5. The molecule has 1 atom stereocenters. The predicted molar refractivity (Wildman–Crippen MR) is 137 cm³/mol. The molecular weight excluding hydrogens is 566 g/mol. The summed E-state index contributed by atoms with van der Waals surface area (Å²) >= 11 is 0. The van der Waals surface area contributed by atoms with E-state index in [0.29, 0.717) is 23.0 Å². The Bertz CT molecular complexity index is 1700. The number of carbonyl (C=O) groups excluding carboxylic acids is 1. The first kappa shape index (κ1) is 28.5. The van der Waals surface area contributed by atoms with E-state index in [4.69, 9.17) is 0 Å². The predicted octanol–water partition coefficient (Wildman–Crippen LogP) is 3.76. The molecule has 0 spiro atoms. The van der Waals surface area contributed by atoms with E-state index in [1.54, 1.807) is 11.6 Å². The van der Waals surface area contributed by atoms with Crippen molar-refractivity contribution in [3.05, 3.63) is 83.3 Å². The molecule has 1 aromatic carbocycles. The van der Waals surface area contributed by atoms with Gasteiger partial charge in [0, 0.05) is 32.0 Å². The second kappa shape index (κ2) is 10.4. The molecule has 4 aromatic rings. The molecule has 0 bridgehead atoms. The van der Waals surface area contributed by atoms with Crippen LogP contribution in [-0.2, 0) is 29.7 Å². The van der Waals surface area contributed by atoms with Gasteiger partial charge in [0.25, 0.3) is 10.0 Å². The number of pyridine rings is 1. The Morgan fingerprint density at radius 1 is 1.10 bits per heavy atom. The van der Waals surface area contributed by atoms with E-state index in [-0.39, 0.29) is 37.4 Å². The van der Waals surface area contributed by atoms with Gasteiger partial charge in [-0.1, -0.05) is 0 Å². The number of carbonyl (C=O) groups is 1. The second-order valence-electron chi connectivity index (χ2n) is 9.97. The normalized spacial score (nSPS) is 18.5. The number of benzene rings is 1. The van der Waals surface area contributed by atoms with Crippen LogP contribution in [-0.4, -0.2) is 61.4 Å². The van der Waals surface area contributed by atoms with Gasteiger partial charge in [-0.05, 0) is 68.1 Å². The summed E-state index contributed by atoms with van der Waals surface area (Å²) in [7, 11) is -2.71. The van der Waals surface area contributed by atoms with Gasteiger partial charge in [-0.25, -0.2) is 17.5 Å².